The fourth-order valence-electron chi connectivity index (χ4n) is 5.14. The maximum Gasteiger partial charge on any atom is 0.271 e. The number of piperazine rings is 1. The SMILES string of the molecule is CCCc1c(NC(=O)c2cc(S(=O)(=O)N3CCN(CC)CC3)cnc2OCC)c(C(N)=O)nn1CCN1CCOCC1. The van der Waals surface area contributed by atoms with Crippen LogP contribution in [0.5, 0.6) is 5.88 Å². The molecular weight excluding hydrogens is 564 g/mol. The highest BCUT2D eigenvalue weighted by Crippen LogP contribution is 2.27. The molecule has 2 fully saturated rings. The molecule has 4 rings (SSSR count). The van der Waals surface area contributed by atoms with Crippen LogP contribution in [0, 0.1) is 0 Å². The lowest BCUT2D eigenvalue weighted by molar-refractivity contribution is 0.0358. The number of amides is 2. The van der Waals surface area contributed by atoms with Crippen LogP contribution in [-0.4, -0.2) is 121 Å². The van der Waals surface area contributed by atoms with Gasteiger partial charge in [0.2, 0.25) is 15.9 Å². The normalized spacial score (nSPS) is 17.3. The number of morpholine rings is 1. The molecule has 4 heterocycles. The first-order chi connectivity index (χ1) is 20.2. The van der Waals surface area contributed by atoms with E-state index in [2.05, 4.69) is 25.2 Å². The van der Waals surface area contributed by atoms with Crippen LogP contribution in [0.1, 0.15) is 53.7 Å². The summed E-state index contributed by atoms with van der Waals surface area (Å²) in [5, 5.41) is 7.26. The largest absolute Gasteiger partial charge is 0.477 e. The van der Waals surface area contributed by atoms with Gasteiger partial charge < -0.3 is 25.4 Å². The first-order valence-corrected chi connectivity index (χ1v) is 16.0. The van der Waals surface area contributed by atoms with E-state index < -0.39 is 21.8 Å². The van der Waals surface area contributed by atoms with Crippen LogP contribution in [0.4, 0.5) is 5.69 Å². The van der Waals surface area contributed by atoms with Crippen molar-refractivity contribution in [3.05, 3.63) is 29.2 Å². The van der Waals surface area contributed by atoms with Gasteiger partial charge in [0.25, 0.3) is 11.8 Å². The Bertz CT molecular complexity index is 1350. The Hall–Kier alpha value is -3.11. The lowest BCUT2D eigenvalue weighted by atomic mass is 10.1. The van der Waals surface area contributed by atoms with Crippen molar-refractivity contribution in [2.24, 2.45) is 5.73 Å². The number of nitrogens with two attached hydrogens (primary N) is 1. The molecule has 0 saturated carbocycles. The van der Waals surface area contributed by atoms with Gasteiger partial charge >= 0.3 is 0 Å². The third-order valence-electron chi connectivity index (χ3n) is 7.52. The van der Waals surface area contributed by atoms with Gasteiger partial charge in [-0.3, -0.25) is 19.2 Å². The molecular formula is C27H42N8O6S. The van der Waals surface area contributed by atoms with Crippen LogP contribution in [-0.2, 0) is 27.7 Å². The molecule has 0 aliphatic carbocycles. The van der Waals surface area contributed by atoms with Gasteiger partial charge in [-0.1, -0.05) is 20.3 Å². The summed E-state index contributed by atoms with van der Waals surface area (Å²) in [6.07, 6.45) is 2.48. The number of anilines is 1. The van der Waals surface area contributed by atoms with Crippen LogP contribution < -0.4 is 15.8 Å². The lowest BCUT2D eigenvalue weighted by Crippen LogP contribution is -2.48. The molecule has 0 aromatic carbocycles. The molecule has 42 heavy (non-hydrogen) atoms. The zero-order valence-electron chi connectivity index (χ0n) is 24.7. The average molecular weight is 607 g/mol. The van der Waals surface area contributed by atoms with Crippen LogP contribution >= 0.6 is 0 Å². The number of carbonyl (C=O) groups excluding carboxylic acids is 2. The first-order valence-electron chi connectivity index (χ1n) is 14.6. The van der Waals surface area contributed by atoms with Crippen molar-refractivity contribution in [3.8, 4) is 5.88 Å². The van der Waals surface area contributed by atoms with E-state index in [1.54, 1.807) is 11.6 Å². The Balaban J connectivity index is 1.64. The summed E-state index contributed by atoms with van der Waals surface area (Å²) in [5.41, 5.74) is 6.44. The standard InChI is InChI=1S/C27H42N8O6S/c1-4-7-22-23(24(25(28)36)31-35(22)13-10-33-14-16-40-17-15-33)30-26(37)21-18-20(19-29-27(21)41-6-3)42(38,39)34-11-8-32(5-2)9-12-34/h18-19H,4-17H2,1-3H3,(H2,28,36)(H,30,37). The molecule has 2 aromatic heterocycles. The number of likely N-dealkylation sites (N-methyl/N-ethyl adjacent to an activating group) is 1. The number of hydrogen-bond acceptors (Lipinski definition) is 10. The highest BCUT2D eigenvalue weighted by molar-refractivity contribution is 7.89. The van der Waals surface area contributed by atoms with Crippen molar-refractivity contribution >= 4 is 27.5 Å². The van der Waals surface area contributed by atoms with Crippen LogP contribution in [0.25, 0.3) is 0 Å². The molecule has 0 spiro atoms. The zero-order valence-corrected chi connectivity index (χ0v) is 25.5. The van der Waals surface area contributed by atoms with Gasteiger partial charge in [-0.15, -0.1) is 0 Å². The predicted molar refractivity (Wildman–Crippen MR) is 156 cm³/mol. The number of sulfonamides is 1. The monoisotopic (exact) mass is 606 g/mol. The Morgan fingerprint density at radius 1 is 1.05 bits per heavy atom. The van der Waals surface area contributed by atoms with Gasteiger partial charge in [-0.2, -0.15) is 9.40 Å². The van der Waals surface area contributed by atoms with E-state index in [-0.39, 0.29) is 34.3 Å². The van der Waals surface area contributed by atoms with E-state index in [1.807, 2.05) is 13.8 Å². The van der Waals surface area contributed by atoms with Crippen LogP contribution in [0.15, 0.2) is 17.2 Å². The fraction of sp³-hybridized carbons (Fsp3) is 0.630. The van der Waals surface area contributed by atoms with Crippen molar-refractivity contribution in [2.45, 2.75) is 45.1 Å². The molecule has 14 nitrogen and oxygen atoms in total. The molecule has 2 aromatic rings. The number of carbonyl (C=O) groups is 2. The highest BCUT2D eigenvalue weighted by Gasteiger charge is 2.31. The fourth-order valence-corrected chi connectivity index (χ4v) is 6.54. The molecule has 0 bridgehead atoms. The van der Waals surface area contributed by atoms with Gasteiger partial charge in [-0.05, 0) is 26.0 Å². The van der Waals surface area contributed by atoms with Gasteiger partial charge in [0.1, 0.15) is 10.5 Å². The average Bonchev–Trinajstić information content (AvgIpc) is 3.33. The van der Waals surface area contributed by atoms with Gasteiger partial charge in [-0.25, -0.2) is 13.4 Å². The van der Waals surface area contributed by atoms with E-state index in [4.69, 9.17) is 15.2 Å². The minimum atomic E-state index is -3.90. The lowest BCUT2D eigenvalue weighted by Gasteiger charge is -2.33. The molecule has 3 N–H and O–H groups in total. The maximum atomic E-state index is 13.7. The zero-order chi connectivity index (χ0) is 30.3. The van der Waals surface area contributed by atoms with Crippen LogP contribution in [0.3, 0.4) is 0 Å². The number of hydrogen-bond donors (Lipinski definition) is 2. The molecule has 0 atom stereocenters. The summed E-state index contributed by atoms with van der Waals surface area (Å²) in [6, 6.07) is 1.28. The Kier molecular flexibility index (Phi) is 10.9. The second-order valence-electron chi connectivity index (χ2n) is 10.2. The molecule has 0 radical (unpaired) electrons. The topological polar surface area (TPSA) is 165 Å². The van der Waals surface area contributed by atoms with Crippen molar-refractivity contribution in [3.63, 3.8) is 0 Å². The Morgan fingerprint density at radius 3 is 2.38 bits per heavy atom. The summed E-state index contributed by atoms with van der Waals surface area (Å²) in [5.74, 6) is -1.47. The number of nitrogens with one attached hydrogen (secondary N) is 1. The van der Waals surface area contributed by atoms with E-state index in [9.17, 15) is 18.0 Å². The quantitative estimate of drug-likeness (QED) is 0.331. The van der Waals surface area contributed by atoms with Crippen molar-refractivity contribution in [1.82, 2.24) is 28.9 Å². The second-order valence-corrected chi connectivity index (χ2v) is 12.1. The van der Waals surface area contributed by atoms with E-state index in [1.165, 1.54) is 16.6 Å². The Morgan fingerprint density at radius 2 is 1.76 bits per heavy atom. The maximum absolute atomic E-state index is 13.7. The molecule has 2 aliphatic rings. The highest BCUT2D eigenvalue weighted by atomic mass is 32.2. The van der Waals surface area contributed by atoms with Crippen LogP contribution in [0.2, 0.25) is 0 Å². The summed E-state index contributed by atoms with van der Waals surface area (Å²) in [4.78, 5) is 34.7. The molecule has 2 aliphatic heterocycles. The number of ether oxygens (including phenoxy) is 2. The molecule has 2 amide bonds. The summed E-state index contributed by atoms with van der Waals surface area (Å²) in [7, 11) is -3.90. The van der Waals surface area contributed by atoms with Gasteiger partial charge in [0.15, 0.2) is 5.69 Å². The van der Waals surface area contributed by atoms with Gasteiger partial charge in [0.05, 0.1) is 43.9 Å². The van der Waals surface area contributed by atoms with E-state index in [0.717, 1.165) is 26.1 Å². The number of rotatable bonds is 13. The predicted octanol–water partition coefficient (Wildman–Crippen LogP) is 0.639. The van der Waals surface area contributed by atoms with Gasteiger partial charge in [0, 0.05) is 45.8 Å². The van der Waals surface area contributed by atoms with Crippen molar-refractivity contribution < 1.29 is 27.5 Å². The molecule has 15 heteroatoms. The number of aromatic nitrogens is 3. The summed E-state index contributed by atoms with van der Waals surface area (Å²) >= 11 is 0. The number of primary amides is 1. The minimum absolute atomic E-state index is 0.0119. The third kappa shape index (κ3) is 7.26. The Labute approximate surface area is 247 Å². The smallest absolute Gasteiger partial charge is 0.271 e. The van der Waals surface area contributed by atoms with Crippen molar-refractivity contribution in [1.29, 1.82) is 0 Å². The third-order valence-corrected chi connectivity index (χ3v) is 9.38. The molecule has 232 valence electrons. The first kappa shape index (κ1) is 31.8. The second kappa shape index (κ2) is 14.4. The summed E-state index contributed by atoms with van der Waals surface area (Å²) < 4.78 is 41.1. The van der Waals surface area contributed by atoms with E-state index in [0.29, 0.717) is 64.6 Å². The molecule has 2 saturated heterocycles. The van der Waals surface area contributed by atoms with E-state index >= 15 is 0 Å². The number of pyridine rings is 1. The summed E-state index contributed by atoms with van der Waals surface area (Å²) in [6.45, 7) is 12.9. The van der Waals surface area contributed by atoms with Crippen molar-refractivity contribution in [2.75, 3.05) is 77.5 Å². The molecule has 0 unspecified atom stereocenters. The minimum Gasteiger partial charge on any atom is -0.477 e. The number of nitrogens with zero attached hydrogens (tertiary/aromatic N) is 6.